The molecule has 0 amide bonds. The van der Waals surface area contributed by atoms with Gasteiger partial charge in [-0.25, -0.2) is 0 Å². The maximum atomic E-state index is 4.48. The van der Waals surface area contributed by atoms with Crippen molar-refractivity contribution >= 4 is 34.0 Å². The Balaban J connectivity index is 2.64. The molecule has 1 heterocycles. The number of rotatable bonds is 2. The van der Waals surface area contributed by atoms with Crippen LogP contribution in [0.2, 0.25) is 0 Å². The van der Waals surface area contributed by atoms with Crippen LogP contribution in [0.15, 0.2) is 49.3 Å². The lowest BCUT2D eigenvalue weighted by Gasteiger charge is -2.11. The Morgan fingerprint density at radius 3 is 2.32 bits per heavy atom. The molecule has 92 valence electrons. The van der Waals surface area contributed by atoms with Gasteiger partial charge in [-0.05, 0) is 17.9 Å². The minimum Gasteiger partial charge on any atom is -0.252 e. The predicted octanol–water partition coefficient (Wildman–Crippen LogP) is 4.46. The number of fused-ring (bicyclic) bond motifs is 3. The first-order valence-electron chi connectivity index (χ1n) is 6.27. The molecule has 0 radical (unpaired) electrons. The van der Waals surface area contributed by atoms with E-state index in [1.165, 1.54) is 5.39 Å². The van der Waals surface area contributed by atoms with Crippen LogP contribution in [0.25, 0.3) is 34.0 Å². The summed E-state index contributed by atoms with van der Waals surface area (Å²) in [5.41, 5.74) is 4.03. The minimum atomic E-state index is 0.907. The van der Waals surface area contributed by atoms with Gasteiger partial charge in [-0.1, -0.05) is 49.1 Å². The van der Waals surface area contributed by atoms with E-state index in [0.29, 0.717) is 0 Å². The van der Waals surface area contributed by atoms with Crippen LogP contribution in [0.4, 0.5) is 0 Å². The van der Waals surface area contributed by atoms with Gasteiger partial charge < -0.3 is 0 Å². The molecule has 2 aromatic carbocycles. The SMILES string of the molecule is C=Cc1c(/C=C\C)c2ccccc2c2nccnc12. The zero-order valence-corrected chi connectivity index (χ0v) is 10.8. The Kier molecular flexibility index (Phi) is 2.84. The Morgan fingerprint density at radius 2 is 1.63 bits per heavy atom. The first-order valence-corrected chi connectivity index (χ1v) is 6.27. The normalized spacial score (nSPS) is 11.4. The largest absolute Gasteiger partial charge is 0.252 e. The van der Waals surface area contributed by atoms with Gasteiger partial charge in [0.15, 0.2) is 0 Å². The van der Waals surface area contributed by atoms with Crippen LogP contribution >= 0.6 is 0 Å². The molecule has 0 saturated carbocycles. The summed E-state index contributed by atoms with van der Waals surface area (Å²) in [6.07, 6.45) is 9.46. The number of aromatic nitrogens is 2. The molecule has 0 aliphatic carbocycles. The number of benzene rings is 2. The first-order chi connectivity index (χ1) is 9.36. The van der Waals surface area contributed by atoms with Crippen LogP contribution in [0.1, 0.15) is 18.1 Å². The van der Waals surface area contributed by atoms with E-state index in [9.17, 15) is 0 Å². The second kappa shape index (κ2) is 4.65. The summed E-state index contributed by atoms with van der Waals surface area (Å²) in [6, 6.07) is 8.28. The van der Waals surface area contributed by atoms with Crippen LogP contribution in [-0.4, -0.2) is 9.97 Å². The predicted molar refractivity (Wildman–Crippen MR) is 81.8 cm³/mol. The molecule has 0 aliphatic heterocycles. The first kappa shape index (κ1) is 11.6. The third kappa shape index (κ3) is 1.73. The number of nitrogens with zero attached hydrogens (tertiary/aromatic N) is 2. The summed E-state index contributed by atoms with van der Waals surface area (Å²) < 4.78 is 0. The Bertz CT molecular complexity index is 801. The lowest BCUT2D eigenvalue weighted by Crippen LogP contribution is -1.92. The molecule has 0 aliphatic rings. The van der Waals surface area contributed by atoms with E-state index in [1.54, 1.807) is 12.4 Å². The third-order valence-electron chi connectivity index (χ3n) is 3.25. The molecule has 0 saturated heterocycles. The summed E-state index contributed by atoms with van der Waals surface area (Å²) in [4.78, 5) is 8.96. The fourth-order valence-electron chi connectivity index (χ4n) is 2.48. The van der Waals surface area contributed by atoms with Crippen LogP contribution in [-0.2, 0) is 0 Å². The topological polar surface area (TPSA) is 25.8 Å². The average molecular weight is 246 g/mol. The van der Waals surface area contributed by atoms with Gasteiger partial charge in [-0.15, -0.1) is 0 Å². The highest BCUT2D eigenvalue weighted by molar-refractivity contribution is 6.11. The van der Waals surface area contributed by atoms with Crippen molar-refractivity contribution in [3.05, 3.63) is 60.4 Å². The van der Waals surface area contributed by atoms with E-state index in [4.69, 9.17) is 0 Å². The van der Waals surface area contributed by atoms with Crippen molar-refractivity contribution in [2.75, 3.05) is 0 Å². The van der Waals surface area contributed by atoms with Crippen LogP contribution in [0.3, 0.4) is 0 Å². The van der Waals surface area contributed by atoms with Gasteiger partial charge >= 0.3 is 0 Å². The molecular formula is C17H14N2. The maximum absolute atomic E-state index is 4.48. The lowest BCUT2D eigenvalue weighted by molar-refractivity contribution is 1.30. The van der Waals surface area contributed by atoms with E-state index in [2.05, 4.69) is 34.8 Å². The molecule has 1 aromatic heterocycles. The molecule has 2 heteroatoms. The Labute approximate surface area is 112 Å². The average Bonchev–Trinajstić information content (AvgIpc) is 2.48. The molecule has 0 bridgehead atoms. The highest BCUT2D eigenvalue weighted by Crippen LogP contribution is 2.32. The zero-order chi connectivity index (χ0) is 13.2. The zero-order valence-electron chi connectivity index (χ0n) is 10.8. The van der Waals surface area contributed by atoms with Gasteiger partial charge in [0.25, 0.3) is 0 Å². The van der Waals surface area contributed by atoms with Crippen molar-refractivity contribution < 1.29 is 0 Å². The van der Waals surface area contributed by atoms with Gasteiger partial charge in [0.1, 0.15) is 0 Å². The molecule has 0 atom stereocenters. The molecule has 3 rings (SSSR count). The Morgan fingerprint density at radius 1 is 0.947 bits per heavy atom. The second-order valence-corrected chi connectivity index (χ2v) is 4.33. The van der Waals surface area contributed by atoms with E-state index in [1.807, 2.05) is 31.2 Å². The van der Waals surface area contributed by atoms with Crippen LogP contribution in [0.5, 0.6) is 0 Å². The number of hydrogen-bond acceptors (Lipinski definition) is 2. The van der Waals surface area contributed by atoms with Gasteiger partial charge in [-0.3, -0.25) is 9.97 Å². The fraction of sp³-hybridized carbons (Fsp3) is 0.0588. The molecular weight excluding hydrogens is 232 g/mol. The molecule has 19 heavy (non-hydrogen) atoms. The number of hydrogen-bond donors (Lipinski definition) is 0. The van der Waals surface area contributed by atoms with Crippen molar-refractivity contribution in [1.29, 1.82) is 0 Å². The van der Waals surface area contributed by atoms with Crippen molar-refractivity contribution in [3.63, 3.8) is 0 Å². The van der Waals surface area contributed by atoms with Gasteiger partial charge in [0, 0.05) is 23.3 Å². The minimum absolute atomic E-state index is 0.907. The maximum Gasteiger partial charge on any atom is 0.0971 e. The van der Waals surface area contributed by atoms with Gasteiger partial charge in [0.2, 0.25) is 0 Å². The van der Waals surface area contributed by atoms with E-state index in [0.717, 1.165) is 27.5 Å². The number of allylic oxidation sites excluding steroid dienone is 1. The second-order valence-electron chi connectivity index (χ2n) is 4.33. The van der Waals surface area contributed by atoms with E-state index >= 15 is 0 Å². The smallest absolute Gasteiger partial charge is 0.0971 e. The Hall–Kier alpha value is -2.48. The van der Waals surface area contributed by atoms with E-state index in [-0.39, 0.29) is 0 Å². The fourth-order valence-corrected chi connectivity index (χ4v) is 2.48. The third-order valence-corrected chi connectivity index (χ3v) is 3.25. The van der Waals surface area contributed by atoms with Crippen molar-refractivity contribution in [2.45, 2.75) is 6.92 Å². The highest BCUT2D eigenvalue weighted by atomic mass is 14.8. The molecule has 0 spiro atoms. The highest BCUT2D eigenvalue weighted by Gasteiger charge is 2.11. The summed E-state index contributed by atoms with van der Waals surface area (Å²) in [6.45, 7) is 5.95. The quantitative estimate of drug-likeness (QED) is 0.624. The summed E-state index contributed by atoms with van der Waals surface area (Å²) in [5.74, 6) is 0. The van der Waals surface area contributed by atoms with Crippen molar-refractivity contribution in [3.8, 4) is 0 Å². The molecule has 0 unspecified atom stereocenters. The summed E-state index contributed by atoms with van der Waals surface area (Å²) in [7, 11) is 0. The molecule has 3 aromatic rings. The molecule has 0 N–H and O–H groups in total. The summed E-state index contributed by atoms with van der Waals surface area (Å²) >= 11 is 0. The monoisotopic (exact) mass is 246 g/mol. The van der Waals surface area contributed by atoms with E-state index < -0.39 is 0 Å². The van der Waals surface area contributed by atoms with Crippen LogP contribution in [0, 0.1) is 0 Å². The standard InChI is InChI=1S/C17H14N2/c1-3-7-13-12(4-2)16-17(19-11-10-18-16)15-9-6-5-8-14(13)15/h3-11H,2H2,1H3/b7-3-. The van der Waals surface area contributed by atoms with Crippen LogP contribution < -0.4 is 0 Å². The summed E-state index contributed by atoms with van der Waals surface area (Å²) in [5, 5.41) is 2.31. The van der Waals surface area contributed by atoms with Crippen molar-refractivity contribution in [2.24, 2.45) is 0 Å². The van der Waals surface area contributed by atoms with Crippen molar-refractivity contribution in [1.82, 2.24) is 9.97 Å². The molecule has 2 nitrogen and oxygen atoms in total. The van der Waals surface area contributed by atoms with Gasteiger partial charge in [-0.2, -0.15) is 0 Å². The van der Waals surface area contributed by atoms with Gasteiger partial charge in [0.05, 0.1) is 11.0 Å². The lowest BCUT2D eigenvalue weighted by atomic mass is 9.96. The molecule has 0 fully saturated rings.